The van der Waals surface area contributed by atoms with Crippen molar-refractivity contribution in [2.45, 2.75) is 25.9 Å². The summed E-state index contributed by atoms with van der Waals surface area (Å²) < 4.78 is 1.87. The van der Waals surface area contributed by atoms with Crippen LogP contribution in [0.1, 0.15) is 25.5 Å². The van der Waals surface area contributed by atoms with Crippen molar-refractivity contribution < 1.29 is 9.90 Å². The van der Waals surface area contributed by atoms with E-state index in [1.807, 2.05) is 27.8 Å². The largest absolute Gasteiger partial charge is 0.393 e. The number of aromatic nitrogens is 2. The fourth-order valence-electron chi connectivity index (χ4n) is 2.78. The van der Waals surface area contributed by atoms with E-state index in [2.05, 4.69) is 4.98 Å². The molecule has 0 bridgehead atoms. The maximum absolute atomic E-state index is 12.3. The molecule has 2 aromatic heterocycles. The number of halogens is 1. The highest BCUT2D eigenvalue weighted by Crippen LogP contribution is 2.23. The zero-order valence-electron chi connectivity index (χ0n) is 12.3. The van der Waals surface area contributed by atoms with Crippen molar-refractivity contribution in [3.05, 3.63) is 28.5 Å². The van der Waals surface area contributed by atoms with Gasteiger partial charge in [-0.1, -0.05) is 11.6 Å². The van der Waals surface area contributed by atoms with Crippen LogP contribution in [0.15, 0.2) is 17.7 Å². The summed E-state index contributed by atoms with van der Waals surface area (Å²) >= 11 is 7.60. The van der Waals surface area contributed by atoms with Crippen LogP contribution < -0.4 is 0 Å². The van der Waals surface area contributed by atoms with Crippen molar-refractivity contribution in [1.82, 2.24) is 14.3 Å². The summed E-state index contributed by atoms with van der Waals surface area (Å²) in [7, 11) is 0. The van der Waals surface area contributed by atoms with Gasteiger partial charge in [-0.15, -0.1) is 11.3 Å². The molecule has 22 heavy (non-hydrogen) atoms. The number of rotatable bonds is 3. The fraction of sp³-hybridized carbons (Fsp3) is 0.467. The molecule has 118 valence electrons. The third-order valence-corrected chi connectivity index (χ3v) is 5.21. The summed E-state index contributed by atoms with van der Waals surface area (Å²) in [5.41, 5.74) is 0.727. The molecule has 7 heteroatoms. The van der Waals surface area contributed by atoms with Crippen molar-refractivity contribution >= 4 is 39.9 Å². The molecule has 1 unspecified atom stereocenters. The summed E-state index contributed by atoms with van der Waals surface area (Å²) in [5, 5.41) is 11.9. The number of likely N-dealkylation sites (tertiary alicyclic amines) is 1. The molecule has 1 fully saturated rings. The van der Waals surface area contributed by atoms with Crippen LogP contribution in [0.5, 0.6) is 0 Å². The molecule has 0 saturated carbocycles. The number of carbonyl (C=O) groups excluding carboxylic acids is 1. The Kier molecular flexibility index (Phi) is 4.52. The highest BCUT2D eigenvalue weighted by molar-refractivity contribution is 7.15. The first kappa shape index (κ1) is 15.5. The third-order valence-electron chi connectivity index (χ3n) is 4.17. The molecule has 0 spiro atoms. The van der Waals surface area contributed by atoms with E-state index < -0.39 is 0 Å². The number of piperidine rings is 1. The van der Waals surface area contributed by atoms with Crippen LogP contribution in [0, 0.1) is 5.92 Å². The molecule has 3 rings (SSSR count). The Bertz CT molecular complexity index is 699. The lowest BCUT2D eigenvalue weighted by atomic mass is 9.92. The molecule has 1 N–H and O–H groups in total. The lowest BCUT2D eigenvalue weighted by molar-refractivity contribution is -0.127. The van der Waals surface area contributed by atoms with Gasteiger partial charge in [-0.25, -0.2) is 4.98 Å². The number of nitrogens with zero attached hydrogens (tertiary/aromatic N) is 3. The standard InChI is InChI=1S/C15H18ClN3O2S/c1-10(20)11-4-6-18(7-5-11)13(21)3-2-12-14(16)17-15-19(12)8-9-22-15/h2-3,8-11,20H,4-7H2,1H3. The highest BCUT2D eigenvalue weighted by atomic mass is 35.5. The van der Waals surface area contributed by atoms with E-state index >= 15 is 0 Å². The molecule has 1 amide bonds. The zero-order chi connectivity index (χ0) is 15.7. The van der Waals surface area contributed by atoms with E-state index in [9.17, 15) is 9.90 Å². The number of hydrogen-bond donors (Lipinski definition) is 1. The van der Waals surface area contributed by atoms with Gasteiger partial charge in [-0.05, 0) is 31.8 Å². The first-order valence-electron chi connectivity index (χ1n) is 7.32. The van der Waals surface area contributed by atoms with Crippen LogP contribution in [-0.2, 0) is 4.79 Å². The normalized spacial score (nSPS) is 18.4. The first-order valence-corrected chi connectivity index (χ1v) is 8.58. The molecular formula is C15H18ClN3O2S. The molecule has 3 heterocycles. The Balaban J connectivity index is 1.67. The number of hydrogen-bond acceptors (Lipinski definition) is 4. The minimum atomic E-state index is -0.301. The zero-order valence-corrected chi connectivity index (χ0v) is 13.8. The number of aliphatic hydroxyl groups is 1. The van der Waals surface area contributed by atoms with E-state index in [1.165, 1.54) is 11.3 Å². The van der Waals surface area contributed by atoms with Gasteiger partial charge < -0.3 is 10.0 Å². The van der Waals surface area contributed by atoms with Gasteiger partial charge in [0.2, 0.25) is 5.91 Å². The van der Waals surface area contributed by atoms with Gasteiger partial charge in [-0.3, -0.25) is 9.20 Å². The summed E-state index contributed by atoms with van der Waals surface area (Å²) in [6.07, 6.45) is 6.55. The Hall–Kier alpha value is -1.37. The van der Waals surface area contributed by atoms with Crippen molar-refractivity contribution in [2.24, 2.45) is 5.92 Å². The van der Waals surface area contributed by atoms with Crippen molar-refractivity contribution in [2.75, 3.05) is 13.1 Å². The molecule has 5 nitrogen and oxygen atoms in total. The Labute approximate surface area is 137 Å². The number of fused-ring (bicyclic) bond motifs is 1. The Morgan fingerprint density at radius 1 is 1.55 bits per heavy atom. The van der Waals surface area contributed by atoms with Crippen LogP contribution in [0.2, 0.25) is 5.15 Å². The van der Waals surface area contributed by atoms with Crippen LogP contribution >= 0.6 is 22.9 Å². The van der Waals surface area contributed by atoms with Crippen LogP contribution in [0.3, 0.4) is 0 Å². The molecule has 1 atom stereocenters. The second-order valence-corrected chi connectivity index (χ2v) is 6.81. The van der Waals surface area contributed by atoms with Gasteiger partial charge in [-0.2, -0.15) is 0 Å². The minimum Gasteiger partial charge on any atom is -0.393 e. The summed E-state index contributed by atoms with van der Waals surface area (Å²) in [6.45, 7) is 3.19. The molecule has 0 aliphatic carbocycles. The Morgan fingerprint density at radius 2 is 2.27 bits per heavy atom. The molecule has 2 aromatic rings. The van der Waals surface area contributed by atoms with Crippen LogP contribution in [0.4, 0.5) is 0 Å². The average molecular weight is 340 g/mol. The van der Waals surface area contributed by atoms with Gasteiger partial charge in [0.15, 0.2) is 10.1 Å². The first-order chi connectivity index (χ1) is 10.6. The number of aliphatic hydroxyl groups excluding tert-OH is 1. The summed E-state index contributed by atoms with van der Waals surface area (Å²) in [5.74, 6) is 0.271. The molecular weight excluding hydrogens is 322 g/mol. The highest BCUT2D eigenvalue weighted by Gasteiger charge is 2.24. The van der Waals surface area contributed by atoms with E-state index in [-0.39, 0.29) is 12.0 Å². The van der Waals surface area contributed by atoms with Crippen LogP contribution in [-0.4, -0.2) is 44.5 Å². The second kappa shape index (κ2) is 6.40. The van der Waals surface area contributed by atoms with E-state index in [4.69, 9.17) is 11.6 Å². The monoisotopic (exact) mass is 339 g/mol. The molecule has 0 radical (unpaired) electrons. The number of thiazole rings is 1. The molecule has 1 aliphatic rings. The lowest BCUT2D eigenvalue weighted by Crippen LogP contribution is -2.39. The number of carbonyl (C=O) groups is 1. The maximum atomic E-state index is 12.3. The van der Waals surface area contributed by atoms with Gasteiger partial charge in [0, 0.05) is 30.7 Å². The van der Waals surface area contributed by atoms with Crippen LogP contribution in [0.25, 0.3) is 11.0 Å². The second-order valence-electron chi connectivity index (χ2n) is 5.58. The smallest absolute Gasteiger partial charge is 0.246 e. The van der Waals surface area contributed by atoms with Gasteiger partial charge in [0.1, 0.15) is 0 Å². The van der Waals surface area contributed by atoms with Gasteiger partial charge >= 0.3 is 0 Å². The maximum Gasteiger partial charge on any atom is 0.246 e. The van der Waals surface area contributed by atoms with Gasteiger partial charge in [0.05, 0.1) is 11.8 Å². The fourth-order valence-corrected chi connectivity index (χ4v) is 3.79. The van der Waals surface area contributed by atoms with Crippen molar-refractivity contribution in [3.63, 3.8) is 0 Å². The SMILES string of the molecule is CC(O)C1CCN(C(=O)C=Cc2c(Cl)nc3sccn23)CC1. The molecule has 0 aromatic carbocycles. The van der Waals surface area contributed by atoms with E-state index in [0.29, 0.717) is 24.2 Å². The van der Waals surface area contributed by atoms with Gasteiger partial charge in [0.25, 0.3) is 0 Å². The molecule has 1 aliphatic heterocycles. The Morgan fingerprint density at radius 3 is 2.95 bits per heavy atom. The molecule has 1 saturated heterocycles. The van der Waals surface area contributed by atoms with Crippen molar-refractivity contribution in [1.29, 1.82) is 0 Å². The number of imidazole rings is 1. The predicted octanol–water partition coefficient (Wildman–Crippen LogP) is 2.68. The lowest BCUT2D eigenvalue weighted by Gasteiger charge is -2.32. The quantitative estimate of drug-likeness (QED) is 0.875. The topological polar surface area (TPSA) is 57.8 Å². The number of amides is 1. The summed E-state index contributed by atoms with van der Waals surface area (Å²) in [4.78, 5) is 19.1. The minimum absolute atomic E-state index is 0.0229. The van der Waals surface area contributed by atoms with Crippen molar-refractivity contribution in [3.8, 4) is 0 Å². The third kappa shape index (κ3) is 3.04. The summed E-state index contributed by atoms with van der Waals surface area (Å²) in [6, 6.07) is 0. The van der Waals surface area contributed by atoms with E-state index in [1.54, 1.807) is 12.2 Å². The predicted molar refractivity (Wildman–Crippen MR) is 88.1 cm³/mol. The van der Waals surface area contributed by atoms with E-state index in [0.717, 1.165) is 23.5 Å². The average Bonchev–Trinajstić information content (AvgIpc) is 3.06.